The summed E-state index contributed by atoms with van der Waals surface area (Å²) >= 11 is 10.1. The molecule has 0 saturated heterocycles. The van der Waals surface area contributed by atoms with Crippen LogP contribution in [0.2, 0.25) is 5.02 Å². The monoisotopic (exact) mass is 365 g/mol. The van der Waals surface area contributed by atoms with Gasteiger partial charge in [-0.25, -0.2) is 0 Å². The second-order valence-electron chi connectivity index (χ2n) is 5.33. The van der Waals surface area contributed by atoms with E-state index in [0.29, 0.717) is 0 Å². The molecule has 0 radical (unpaired) electrons. The quantitative estimate of drug-likeness (QED) is 0.692. The SMILES string of the molecule is CCCNC(Cc1ccc(C)cc1Cl)c1ccccc1Br. The first-order valence-electron chi connectivity index (χ1n) is 7.34. The second kappa shape index (κ2) is 7.98. The summed E-state index contributed by atoms with van der Waals surface area (Å²) in [7, 11) is 0. The lowest BCUT2D eigenvalue weighted by atomic mass is 9.98. The van der Waals surface area contributed by atoms with Gasteiger partial charge in [-0.1, -0.05) is 64.8 Å². The minimum Gasteiger partial charge on any atom is -0.310 e. The number of benzene rings is 2. The first-order chi connectivity index (χ1) is 10.1. The van der Waals surface area contributed by atoms with Crippen molar-refractivity contribution in [2.75, 3.05) is 6.54 Å². The van der Waals surface area contributed by atoms with Gasteiger partial charge in [-0.3, -0.25) is 0 Å². The van der Waals surface area contributed by atoms with Crippen molar-refractivity contribution in [3.8, 4) is 0 Å². The van der Waals surface area contributed by atoms with Gasteiger partial charge >= 0.3 is 0 Å². The number of halogens is 2. The number of hydrogen-bond acceptors (Lipinski definition) is 1. The van der Waals surface area contributed by atoms with Crippen molar-refractivity contribution in [3.63, 3.8) is 0 Å². The lowest BCUT2D eigenvalue weighted by Gasteiger charge is -2.21. The summed E-state index contributed by atoms with van der Waals surface area (Å²) < 4.78 is 1.14. The van der Waals surface area contributed by atoms with Crippen LogP contribution in [0.15, 0.2) is 46.9 Å². The van der Waals surface area contributed by atoms with Gasteiger partial charge in [0.25, 0.3) is 0 Å². The molecule has 0 aromatic heterocycles. The van der Waals surface area contributed by atoms with Crippen LogP contribution in [-0.4, -0.2) is 6.54 Å². The number of aryl methyl sites for hydroxylation is 1. The van der Waals surface area contributed by atoms with Crippen molar-refractivity contribution in [3.05, 3.63) is 68.7 Å². The molecule has 0 aliphatic carbocycles. The summed E-state index contributed by atoms with van der Waals surface area (Å²) in [5, 5.41) is 4.48. The van der Waals surface area contributed by atoms with Gasteiger partial charge in [-0.2, -0.15) is 0 Å². The Kier molecular flexibility index (Phi) is 6.28. The Morgan fingerprint density at radius 3 is 2.62 bits per heavy atom. The summed E-state index contributed by atoms with van der Waals surface area (Å²) in [5.41, 5.74) is 3.66. The summed E-state index contributed by atoms with van der Waals surface area (Å²) in [4.78, 5) is 0. The minimum atomic E-state index is 0.265. The third-order valence-corrected chi connectivity index (χ3v) is 4.63. The molecule has 0 bridgehead atoms. The van der Waals surface area contributed by atoms with Gasteiger partial charge in [0.15, 0.2) is 0 Å². The van der Waals surface area contributed by atoms with Gasteiger partial charge in [0.1, 0.15) is 0 Å². The van der Waals surface area contributed by atoms with Crippen molar-refractivity contribution in [2.24, 2.45) is 0 Å². The molecule has 1 atom stereocenters. The fourth-order valence-electron chi connectivity index (χ4n) is 2.41. The molecule has 0 aliphatic heterocycles. The van der Waals surface area contributed by atoms with Crippen LogP contribution in [0.3, 0.4) is 0 Å². The molecular formula is C18H21BrClN. The van der Waals surface area contributed by atoms with E-state index in [1.807, 2.05) is 12.1 Å². The summed E-state index contributed by atoms with van der Waals surface area (Å²) in [6.07, 6.45) is 2.00. The topological polar surface area (TPSA) is 12.0 Å². The zero-order chi connectivity index (χ0) is 15.2. The van der Waals surface area contributed by atoms with Crippen LogP contribution < -0.4 is 5.32 Å². The van der Waals surface area contributed by atoms with E-state index in [4.69, 9.17) is 11.6 Å². The molecule has 0 heterocycles. The highest BCUT2D eigenvalue weighted by Gasteiger charge is 2.15. The molecule has 1 unspecified atom stereocenters. The average Bonchev–Trinajstić information content (AvgIpc) is 2.46. The van der Waals surface area contributed by atoms with Crippen LogP contribution in [0.1, 0.15) is 36.1 Å². The normalized spacial score (nSPS) is 12.4. The Morgan fingerprint density at radius 1 is 1.19 bits per heavy atom. The van der Waals surface area contributed by atoms with Gasteiger partial charge in [-0.15, -0.1) is 0 Å². The molecule has 1 nitrogen and oxygen atoms in total. The zero-order valence-corrected chi connectivity index (χ0v) is 14.8. The maximum Gasteiger partial charge on any atom is 0.0441 e. The van der Waals surface area contributed by atoms with Gasteiger partial charge < -0.3 is 5.32 Å². The molecule has 21 heavy (non-hydrogen) atoms. The van der Waals surface area contributed by atoms with Gasteiger partial charge in [-0.05, 0) is 55.1 Å². The Labute approximate surface area is 140 Å². The first kappa shape index (κ1) is 16.5. The highest BCUT2D eigenvalue weighted by molar-refractivity contribution is 9.10. The number of nitrogens with one attached hydrogen (secondary N) is 1. The van der Waals surface area contributed by atoms with E-state index < -0.39 is 0 Å². The van der Waals surface area contributed by atoms with Crippen molar-refractivity contribution >= 4 is 27.5 Å². The lowest BCUT2D eigenvalue weighted by molar-refractivity contribution is 0.527. The van der Waals surface area contributed by atoms with Crippen molar-refractivity contribution < 1.29 is 0 Å². The molecular weight excluding hydrogens is 346 g/mol. The molecule has 0 amide bonds. The van der Waals surface area contributed by atoms with E-state index in [1.165, 1.54) is 16.7 Å². The Bertz CT molecular complexity index is 598. The Hall–Kier alpha value is -0.830. The van der Waals surface area contributed by atoms with Gasteiger partial charge in [0.2, 0.25) is 0 Å². The van der Waals surface area contributed by atoms with Gasteiger partial charge in [0, 0.05) is 15.5 Å². The molecule has 0 aliphatic rings. The second-order valence-corrected chi connectivity index (χ2v) is 6.59. The Morgan fingerprint density at radius 2 is 1.95 bits per heavy atom. The maximum atomic E-state index is 6.40. The summed E-state index contributed by atoms with van der Waals surface area (Å²) in [6, 6.07) is 14.9. The predicted molar refractivity (Wildman–Crippen MR) is 95.1 cm³/mol. The number of rotatable bonds is 6. The van der Waals surface area contributed by atoms with Crippen LogP contribution >= 0.6 is 27.5 Å². The highest BCUT2D eigenvalue weighted by Crippen LogP contribution is 2.28. The van der Waals surface area contributed by atoms with E-state index in [-0.39, 0.29) is 6.04 Å². The fraction of sp³-hybridized carbons (Fsp3) is 0.333. The van der Waals surface area contributed by atoms with Crippen LogP contribution in [0.4, 0.5) is 0 Å². The van der Waals surface area contributed by atoms with E-state index in [9.17, 15) is 0 Å². The third kappa shape index (κ3) is 4.57. The lowest BCUT2D eigenvalue weighted by Crippen LogP contribution is -2.24. The Balaban J connectivity index is 2.26. The fourth-order valence-corrected chi connectivity index (χ4v) is 3.28. The van der Waals surface area contributed by atoms with Crippen LogP contribution in [0, 0.1) is 6.92 Å². The molecule has 2 rings (SSSR count). The molecule has 2 aromatic rings. The largest absolute Gasteiger partial charge is 0.310 e. The van der Waals surface area contributed by atoms with E-state index >= 15 is 0 Å². The average molecular weight is 367 g/mol. The van der Waals surface area contributed by atoms with Crippen LogP contribution in [0.25, 0.3) is 0 Å². The first-order valence-corrected chi connectivity index (χ1v) is 8.51. The maximum absolute atomic E-state index is 6.40. The van der Waals surface area contributed by atoms with E-state index in [0.717, 1.165) is 28.9 Å². The van der Waals surface area contributed by atoms with Crippen LogP contribution in [-0.2, 0) is 6.42 Å². The predicted octanol–water partition coefficient (Wildman–Crippen LogP) is 5.69. The number of hydrogen-bond donors (Lipinski definition) is 1. The van der Waals surface area contributed by atoms with Crippen molar-refractivity contribution in [1.82, 2.24) is 5.32 Å². The van der Waals surface area contributed by atoms with Crippen molar-refractivity contribution in [2.45, 2.75) is 32.7 Å². The van der Waals surface area contributed by atoms with Gasteiger partial charge in [0.05, 0.1) is 0 Å². The standard InChI is InChI=1S/C18H21BrClN/c1-3-10-21-18(15-6-4-5-7-16(15)19)12-14-9-8-13(2)11-17(14)20/h4-9,11,18,21H,3,10,12H2,1-2H3. The molecule has 3 heteroatoms. The summed E-state index contributed by atoms with van der Waals surface area (Å²) in [5.74, 6) is 0. The molecule has 2 aromatic carbocycles. The highest BCUT2D eigenvalue weighted by atomic mass is 79.9. The minimum absolute atomic E-state index is 0.265. The molecule has 112 valence electrons. The third-order valence-electron chi connectivity index (χ3n) is 3.55. The smallest absolute Gasteiger partial charge is 0.0441 e. The molecule has 1 N–H and O–H groups in total. The summed E-state index contributed by atoms with van der Waals surface area (Å²) in [6.45, 7) is 5.24. The van der Waals surface area contributed by atoms with E-state index in [1.54, 1.807) is 0 Å². The van der Waals surface area contributed by atoms with Crippen molar-refractivity contribution in [1.29, 1.82) is 0 Å². The molecule has 0 saturated carbocycles. The molecule has 0 fully saturated rings. The van der Waals surface area contributed by atoms with E-state index in [2.05, 4.69) is 65.4 Å². The zero-order valence-electron chi connectivity index (χ0n) is 12.5. The molecule has 0 spiro atoms. The van der Waals surface area contributed by atoms with Crippen LogP contribution in [0.5, 0.6) is 0 Å².